The Kier molecular flexibility index (Phi) is 3.09. The first kappa shape index (κ1) is 11.7. The summed E-state index contributed by atoms with van der Waals surface area (Å²) in [5.41, 5.74) is 1.46. The van der Waals surface area contributed by atoms with Crippen LogP contribution in [0.15, 0.2) is 30.3 Å². The van der Waals surface area contributed by atoms with Gasteiger partial charge in [-0.2, -0.15) is 0 Å². The molecule has 1 aromatic carbocycles. The summed E-state index contributed by atoms with van der Waals surface area (Å²) in [6, 6.07) is 10.8. The summed E-state index contributed by atoms with van der Waals surface area (Å²) in [7, 11) is 0.134. The van der Waals surface area contributed by atoms with Crippen LogP contribution in [0.25, 0.3) is 0 Å². The minimum Gasteiger partial charge on any atom is -0.413 e. The third-order valence-corrected chi connectivity index (χ3v) is 3.13. The van der Waals surface area contributed by atoms with Gasteiger partial charge in [-0.05, 0) is 17.8 Å². The smallest absolute Gasteiger partial charge is 0.377 e. The van der Waals surface area contributed by atoms with Crippen molar-refractivity contribution >= 4 is 7.05 Å². The van der Waals surface area contributed by atoms with Crippen LogP contribution < -0.4 is 5.23 Å². The molecular weight excluding hydrogens is 197 g/mol. The van der Waals surface area contributed by atoms with Crippen molar-refractivity contribution in [1.29, 1.82) is 0 Å². The van der Waals surface area contributed by atoms with E-state index in [1.165, 1.54) is 5.56 Å². The van der Waals surface area contributed by atoms with Crippen molar-refractivity contribution in [2.24, 2.45) is 5.41 Å². The van der Waals surface area contributed by atoms with Crippen LogP contribution in [0.3, 0.4) is 0 Å². The van der Waals surface area contributed by atoms with Gasteiger partial charge in [-0.3, -0.25) is 0 Å². The van der Waals surface area contributed by atoms with Gasteiger partial charge in [0.15, 0.2) is 0 Å². The van der Waals surface area contributed by atoms with Gasteiger partial charge in [0.05, 0.1) is 6.10 Å². The van der Waals surface area contributed by atoms with E-state index in [1.54, 1.807) is 0 Å². The van der Waals surface area contributed by atoms with E-state index in [0.29, 0.717) is 6.04 Å². The summed E-state index contributed by atoms with van der Waals surface area (Å²) < 4.78 is 5.98. The van der Waals surface area contributed by atoms with Gasteiger partial charge in [0.2, 0.25) is 0 Å². The van der Waals surface area contributed by atoms with E-state index in [9.17, 15) is 0 Å². The molecule has 0 amide bonds. The van der Waals surface area contributed by atoms with Crippen LogP contribution >= 0.6 is 0 Å². The number of hydrogen-bond acceptors (Lipinski definition) is 2. The molecule has 16 heavy (non-hydrogen) atoms. The Morgan fingerprint density at radius 3 is 2.38 bits per heavy atom. The van der Waals surface area contributed by atoms with E-state index < -0.39 is 0 Å². The highest BCUT2D eigenvalue weighted by molar-refractivity contribution is 6.48. The van der Waals surface area contributed by atoms with Gasteiger partial charge in [-0.25, -0.2) is 0 Å². The molecule has 1 fully saturated rings. The van der Waals surface area contributed by atoms with Crippen LogP contribution in [0.4, 0.5) is 0 Å². The quantitative estimate of drug-likeness (QED) is 0.730. The maximum absolute atomic E-state index is 5.98. The molecule has 3 heteroatoms. The molecule has 1 aliphatic rings. The van der Waals surface area contributed by atoms with E-state index in [4.69, 9.17) is 4.65 Å². The number of nitrogens with one attached hydrogen (secondary N) is 1. The van der Waals surface area contributed by atoms with Gasteiger partial charge in [0.1, 0.15) is 0 Å². The van der Waals surface area contributed by atoms with Gasteiger partial charge in [0.25, 0.3) is 0 Å². The number of hydrogen-bond donors (Lipinski definition) is 1. The molecule has 0 bridgehead atoms. The Morgan fingerprint density at radius 1 is 1.19 bits per heavy atom. The second kappa shape index (κ2) is 4.23. The topological polar surface area (TPSA) is 21.3 Å². The molecule has 0 aliphatic carbocycles. The molecule has 2 atom stereocenters. The molecule has 1 N–H and O–H groups in total. The maximum atomic E-state index is 5.98. The van der Waals surface area contributed by atoms with E-state index in [1.807, 2.05) is 6.07 Å². The summed E-state index contributed by atoms with van der Waals surface area (Å²) in [4.78, 5) is 0. The third-order valence-electron chi connectivity index (χ3n) is 3.13. The maximum Gasteiger partial charge on any atom is 0.377 e. The van der Waals surface area contributed by atoms with E-state index in [2.05, 4.69) is 57.1 Å². The standard InChI is InChI=1S/C13H20BNO/c1-13(2,3)12-11(16-14(4)15-12)10-8-6-5-7-9-10/h5-9,11-12,15H,1-4H3/t11-,12-/m1/s1. The van der Waals surface area contributed by atoms with Crippen molar-refractivity contribution in [2.75, 3.05) is 0 Å². The van der Waals surface area contributed by atoms with Crippen LogP contribution in [-0.4, -0.2) is 13.1 Å². The summed E-state index contributed by atoms with van der Waals surface area (Å²) >= 11 is 0. The largest absolute Gasteiger partial charge is 0.413 e. The molecule has 1 saturated heterocycles. The molecule has 2 rings (SSSR count). The normalized spacial score (nSPS) is 26.1. The van der Waals surface area contributed by atoms with Crippen LogP contribution in [0, 0.1) is 5.41 Å². The van der Waals surface area contributed by atoms with Gasteiger partial charge < -0.3 is 9.88 Å². The molecule has 0 unspecified atom stereocenters. The second-order valence-corrected chi connectivity index (χ2v) is 5.62. The lowest BCUT2D eigenvalue weighted by molar-refractivity contribution is 0.150. The first-order valence-electron chi connectivity index (χ1n) is 5.95. The molecule has 0 radical (unpaired) electrons. The van der Waals surface area contributed by atoms with Gasteiger partial charge in [0, 0.05) is 6.04 Å². The molecule has 1 aliphatic heterocycles. The monoisotopic (exact) mass is 217 g/mol. The predicted octanol–water partition coefficient (Wildman–Crippen LogP) is 2.88. The zero-order valence-corrected chi connectivity index (χ0v) is 10.5. The fourth-order valence-corrected chi connectivity index (χ4v) is 2.30. The van der Waals surface area contributed by atoms with Crippen molar-refractivity contribution < 1.29 is 4.65 Å². The van der Waals surface area contributed by atoms with Gasteiger partial charge in [-0.15, -0.1) is 0 Å². The Hall–Kier alpha value is -0.795. The van der Waals surface area contributed by atoms with E-state index in [-0.39, 0.29) is 18.6 Å². The zero-order valence-electron chi connectivity index (χ0n) is 10.5. The average Bonchev–Trinajstić information content (AvgIpc) is 2.61. The SMILES string of the molecule is CB1N[C@@H](C(C)(C)C)[C@@H](c2ccccc2)O1. The first-order chi connectivity index (χ1) is 7.48. The van der Waals surface area contributed by atoms with Crippen LogP contribution in [-0.2, 0) is 4.65 Å². The molecular formula is C13H20BNO. The van der Waals surface area contributed by atoms with Crippen molar-refractivity contribution in [1.82, 2.24) is 5.23 Å². The van der Waals surface area contributed by atoms with Crippen molar-refractivity contribution in [2.45, 2.75) is 39.7 Å². The summed E-state index contributed by atoms with van der Waals surface area (Å²) in [5.74, 6) is 0. The van der Waals surface area contributed by atoms with Crippen molar-refractivity contribution in [3.63, 3.8) is 0 Å². The van der Waals surface area contributed by atoms with Crippen LogP contribution in [0.5, 0.6) is 0 Å². The van der Waals surface area contributed by atoms with Gasteiger partial charge in [-0.1, -0.05) is 51.1 Å². The fourth-order valence-electron chi connectivity index (χ4n) is 2.30. The summed E-state index contributed by atoms with van der Waals surface area (Å²) in [6.45, 7) is 8.83. The Bertz CT molecular complexity index is 347. The van der Waals surface area contributed by atoms with Crippen LogP contribution in [0.2, 0.25) is 6.82 Å². The molecule has 0 saturated carbocycles. The lowest BCUT2D eigenvalue weighted by Crippen LogP contribution is -2.41. The molecule has 1 heterocycles. The summed E-state index contributed by atoms with van der Waals surface area (Å²) in [5, 5.41) is 3.52. The predicted molar refractivity (Wildman–Crippen MR) is 68.3 cm³/mol. The van der Waals surface area contributed by atoms with Crippen molar-refractivity contribution in [3.05, 3.63) is 35.9 Å². The highest BCUT2D eigenvalue weighted by atomic mass is 16.5. The highest BCUT2D eigenvalue weighted by Crippen LogP contribution is 2.36. The average molecular weight is 217 g/mol. The molecule has 0 aromatic heterocycles. The highest BCUT2D eigenvalue weighted by Gasteiger charge is 2.41. The van der Waals surface area contributed by atoms with Crippen LogP contribution in [0.1, 0.15) is 32.4 Å². The van der Waals surface area contributed by atoms with E-state index in [0.717, 1.165) is 0 Å². The molecule has 2 nitrogen and oxygen atoms in total. The fraction of sp³-hybridized carbons (Fsp3) is 0.538. The number of rotatable bonds is 1. The Labute approximate surface area is 98.5 Å². The van der Waals surface area contributed by atoms with E-state index >= 15 is 0 Å². The Morgan fingerprint density at radius 2 is 1.81 bits per heavy atom. The molecule has 1 aromatic rings. The van der Waals surface area contributed by atoms with Crippen molar-refractivity contribution in [3.8, 4) is 0 Å². The minimum atomic E-state index is 0.134. The zero-order chi connectivity index (χ0) is 11.8. The summed E-state index contributed by atoms with van der Waals surface area (Å²) in [6.07, 6.45) is 0.163. The number of benzene rings is 1. The lowest BCUT2D eigenvalue weighted by atomic mass is 9.80. The molecule has 0 spiro atoms. The Balaban J connectivity index is 2.26. The second-order valence-electron chi connectivity index (χ2n) is 5.62. The third kappa shape index (κ3) is 2.31. The minimum absolute atomic E-state index is 0.134. The van der Waals surface area contributed by atoms with Gasteiger partial charge >= 0.3 is 7.05 Å². The lowest BCUT2D eigenvalue weighted by Gasteiger charge is -2.32. The molecule has 86 valence electrons. The first-order valence-corrected chi connectivity index (χ1v) is 5.95.